The summed E-state index contributed by atoms with van der Waals surface area (Å²) in [6, 6.07) is 0. The van der Waals surface area contributed by atoms with Crippen LogP contribution in [0.1, 0.15) is 400 Å². The molecule has 0 aromatic rings. The molecule has 0 spiro atoms. The van der Waals surface area contributed by atoms with Crippen molar-refractivity contribution in [2.45, 2.75) is 418 Å². The summed E-state index contributed by atoms with van der Waals surface area (Å²) in [7, 11) is -9.95. The highest BCUT2D eigenvalue weighted by atomic mass is 31.2. The number of aliphatic hydroxyl groups excluding tert-OH is 1. The molecule has 17 nitrogen and oxygen atoms in total. The van der Waals surface area contributed by atoms with Gasteiger partial charge in [-0.05, 0) is 89.9 Å². The Kier molecular flexibility index (Phi) is 74.0. The predicted molar refractivity (Wildman–Crippen MR) is 418 cm³/mol. The third-order valence-electron chi connectivity index (χ3n) is 18.3. The average molecular weight is 1490 g/mol. The first kappa shape index (κ1) is 99.0. The van der Waals surface area contributed by atoms with E-state index >= 15 is 0 Å². The summed E-state index contributed by atoms with van der Waals surface area (Å²) >= 11 is 0. The lowest BCUT2D eigenvalue weighted by Crippen LogP contribution is -2.30. The number of carbonyl (C=O) groups is 4. The molecule has 2 unspecified atom stereocenters. The third kappa shape index (κ3) is 75.3. The van der Waals surface area contributed by atoms with Gasteiger partial charge in [0.05, 0.1) is 26.4 Å². The second-order valence-electron chi connectivity index (χ2n) is 28.4. The molecule has 0 bridgehead atoms. The van der Waals surface area contributed by atoms with E-state index in [0.717, 1.165) is 128 Å². The van der Waals surface area contributed by atoms with E-state index in [1.165, 1.54) is 193 Å². The maximum atomic E-state index is 13.1. The molecule has 0 saturated carbocycles. The largest absolute Gasteiger partial charge is 0.472 e. The molecular formula is C83H154O17P2. The lowest BCUT2D eigenvalue weighted by molar-refractivity contribution is -0.161. The summed E-state index contributed by atoms with van der Waals surface area (Å²) in [5.41, 5.74) is 0. The third-order valence-corrected chi connectivity index (χ3v) is 20.2. The van der Waals surface area contributed by atoms with Gasteiger partial charge in [0, 0.05) is 25.7 Å². The van der Waals surface area contributed by atoms with Gasteiger partial charge in [0.15, 0.2) is 12.2 Å². The van der Waals surface area contributed by atoms with Gasteiger partial charge in [0.25, 0.3) is 0 Å². The predicted octanol–water partition coefficient (Wildman–Crippen LogP) is 24.5. The number of rotatable bonds is 80. The van der Waals surface area contributed by atoms with Crippen LogP contribution in [0.3, 0.4) is 0 Å². The molecule has 598 valence electrons. The second-order valence-corrected chi connectivity index (χ2v) is 31.3. The summed E-state index contributed by atoms with van der Waals surface area (Å²) in [6.45, 7) is 4.90. The molecule has 102 heavy (non-hydrogen) atoms. The number of aliphatic hydroxyl groups is 1. The minimum Gasteiger partial charge on any atom is -0.462 e. The zero-order valence-electron chi connectivity index (χ0n) is 65.6. The summed E-state index contributed by atoms with van der Waals surface area (Å²) in [5, 5.41) is 10.7. The molecule has 0 aliphatic rings. The monoisotopic (exact) mass is 1490 g/mol. The van der Waals surface area contributed by atoms with E-state index < -0.39 is 97.5 Å². The fraction of sp³-hybridized carbons (Fsp3) is 0.855. The van der Waals surface area contributed by atoms with Crippen molar-refractivity contribution in [1.82, 2.24) is 0 Å². The van der Waals surface area contributed by atoms with Crippen LogP contribution in [0.4, 0.5) is 0 Å². The first-order valence-corrected chi connectivity index (χ1v) is 44.9. The van der Waals surface area contributed by atoms with Gasteiger partial charge in [-0.3, -0.25) is 37.3 Å². The molecule has 0 aliphatic heterocycles. The fourth-order valence-electron chi connectivity index (χ4n) is 11.9. The van der Waals surface area contributed by atoms with Crippen LogP contribution >= 0.6 is 15.6 Å². The Bertz CT molecular complexity index is 2120. The fourth-order valence-corrected chi connectivity index (χ4v) is 13.5. The quantitative estimate of drug-likeness (QED) is 0.0169. The Balaban J connectivity index is 5.32. The Morgan fingerprint density at radius 1 is 0.275 bits per heavy atom. The lowest BCUT2D eigenvalue weighted by atomic mass is 10.0. The molecule has 19 heteroatoms. The van der Waals surface area contributed by atoms with Crippen LogP contribution in [0.2, 0.25) is 0 Å². The van der Waals surface area contributed by atoms with Gasteiger partial charge in [-0.15, -0.1) is 0 Å². The number of phosphoric ester groups is 2. The van der Waals surface area contributed by atoms with E-state index in [4.69, 9.17) is 37.0 Å². The summed E-state index contributed by atoms with van der Waals surface area (Å²) < 4.78 is 68.7. The summed E-state index contributed by atoms with van der Waals surface area (Å²) in [5.74, 6) is -2.16. The van der Waals surface area contributed by atoms with Gasteiger partial charge in [-0.2, -0.15) is 0 Å². The van der Waals surface area contributed by atoms with Crippen LogP contribution in [0, 0.1) is 0 Å². The first-order valence-electron chi connectivity index (χ1n) is 41.9. The van der Waals surface area contributed by atoms with E-state index in [1.807, 2.05) is 0 Å². The number of hydrogen-bond donors (Lipinski definition) is 3. The van der Waals surface area contributed by atoms with Gasteiger partial charge in [-0.25, -0.2) is 9.13 Å². The first-order chi connectivity index (χ1) is 49.7. The SMILES string of the molecule is CCCCC/C=C\C/C=C\CCCCCCCC(=O)O[C@H](COC(=O)CCCCCCCCCCCCCCCCC)COP(=O)(O)OC[C@@H](O)COP(=O)(O)OC[C@@H](COC(=O)CCCCCCCCCCCCCCCCCCC)OC(=O)CCCCCCC/C=C\C/C=C\CCCCC. The molecule has 0 rings (SSSR count). The zero-order chi connectivity index (χ0) is 74.6. The van der Waals surface area contributed by atoms with Gasteiger partial charge < -0.3 is 33.8 Å². The molecule has 5 atom stereocenters. The molecule has 0 amide bonds. The number of esters is 4. The Morgan fingerprint density at radius 2 is 0.480 bits per heavy atom. The van der Waals surface area contributed by atoms with Crippen molar-refractivity contribution >= 4 is 39.5 Å². The summed E-state index contributed by atoms with van der Waals surface area (Å²) in [4.78, 5) is 73.1. The van der Waals surface area contributed by atoms with Crippen molar-refractivity contribution in [2.24, 2.45) is 0 Å². The molecule has 0 aromatic carbocycles. The minimum atomic E-state index is -4.97. The highest BCUT2D eigenvalue weighted by molar-refractivity contribution is 7.47. The highest BCUT2D eigenvalue weighted by Crippen LogP contribution is 2.45. The maximum absolute atomic E-state index is 13.1. The smallest absolute Gasteiger partial charge is 0.462 e. The van der Waals surface area contributed by atoms with Crippen molar-refractivity contribution in [2.75, 3.05) is 39.6 Å². The van der Waals surface area contributed by atoms with Gasteiger partial charge in [0.1, 0.15) is 19.3 Å². The van der Waals surface area contributed by atoms with Crippen molar-refractivity contribution in [3.8, 4) is 0 Å². The standard InChI is InChI=1S/C83H154O17P2/c1-5-9-13-17-21-25-29-33-37-38-42-44-48-52-56-60-64-68-81(86)94-74-79(100-83(88)70-66-62-58-54-50-46-41-36-32-28-24-20-16-12-8-4)76-98-102(91,92)96-72-77(84)71-95-101(89,90)97-75-78(99-82(87)69-65-61-57-53-49-45-40-35-31-27-23-19-15-11-7-3)73-93-80(85)67-63-59-55-51-47-43-39-34-30-26-22-18-14-10-6-2/h23-24,27-28,35-36,40-41,77-79,84H,5-22,25-26,29-34,37-39,42-76H2,1-4H3,(H,89,90)(H,91,92)/b27-23-,28-24-,40-35-,41-36-/t77-,78-,79-/m1/s1. The molecule has 0 radical (unpaired) electrons. The number of unbranched alkanes of at least 4 members (excludes halogenated alkanes) is 46. The number of ether oxygens (including phenoxy) is 4. The number of allylic oxidation sites excluding steroid dienone is 8. The van der Waals surface area contributed by atoms with Crippen molar-refractivity contribution in [1.29, 1.82) is 0 Å². The van der Waals surface area contributed by atoms with E-state index in [9.17, 15) is 43.2 Å². The number of hydrogen-bond acceptors (Lipinski definition) is 15. The maximum Gasteiger partial charge on any atom is 0.472 e. The van der Waals surface area contributed by atoms with Gasteiger partial charge in [-0.1, -0.05) is 333 Å². The molecule has 0 saturated heterocycles. The van der Waals surface area contributed by atoms with Crippen LogP contribution in [0.5, 0.6) is 0 Å². The van der Waals surface area contributed by atoms with Gasteiger partial charge in [0.2, 0.25) is 0 Å². The Hall–Kier alpha value is -2.98. The molecule has 0 aliphatic carbocycles. The zero-order valence-corrected chi connectivity index (χ0v) is 67.3. The summed E-state index contributed by atoms with van der Waals surface area (Å²) in [6.07, 6.45) is 75.0. The molecule has 0 aromatic heterocycles. The van der Waals surface area contributed by atoms with Crippen LogP contribution in [-0.4, -0.2) is 96.7 Å². The highest BCUT2D eigenvalue weighted by Gasteiger charge is 2.30. The second kappa shape index (κ2) is 76.2. The number of carbonyl (C=O) groups excluding carboxylic acids is 4. The van der Waals surface area contributed by atoms with Crippen LogP contribution in [-0.2, 0) is 65.4 Å². The molecule has 3 N–H and O–H groups in total. The van der Waals surface area contributed by atoms with Crippen molar-refractivity contribution in [3.05, 3.63) is 48.6 Å². The normalized spacial score (nSPS) is 14.1. The number of phosphoric acid groups is 2. The van der Waals surface area contributed by atoms with Crippen LogP contribution in [0.15, 0.2) is 48.6 Å². The molecule has 0 fully saturated rings. The van der Waals surface area contributed by atoms with Crippen molar-refractivity contribution in [3.63, 3.8) is 0 Å². The van der Waals surface area contributed by atoms with Crippen molar-refractivity contribution < 1.29 is 80.2 Å². The Morgan fingerprint density at radius 3 is 0.745 bits per heavy atom. The van der Waals surface area contributed by atoms with Crippen LogP contribution in [0.25, 0.3) is 0 Å². The van der Waals surface area contributed by atoms with E-state index in [1.54, 1.807) is 0 Å². The lowest BCUT2D eigenvalue weighted by Gasteiger charge is -2.21. The van der Waals surface area contributed by atoms with Gasteiger partial charge >= 0.3 is 39.5 Å². The Labute approximate surface area is 623 Å². The van der Waals surface area contributed by atoms with E-state index in [0.29, 0.717) is 25.7 Å². The minimum absolute atomic E-state index is 0.0852. The molecule has 0 heterocycles. The average Bonchev–Trinajstić information content (AvgIpc) is 2.02. The molecular weight excluding hydrogens is 1330 g/mol. The van der Waals surface area contributed by atoms with E-state index in [2.05, 4.69) is 76.3 Å². The topological polar surface area (TPSA) is 237 Å². The van der Waals surface area contributed by atoms with Crippen LogP contribution < -0.4 is 0 Å². The van der Waals surface area contributed by atoms with E-state index in [-0.39, 0.29) is 25.7 Å².